The van der Waals surface area contributed by atoms with Crippen molar-refractivity contribution in [2.45, 2.75) is 23.5 Å². The molecular weight excluding hydrogens is 310 g/mol. The molecule has 0 aliphatic carbocycles. The average Bonchev–Trinajstić information content (AvgIpc) is 2.45. The van der Waals surface area contributed by atoms with E-state index in [0.29, 0.717) is 12.0 Å². The second kappa shape index (κ2) is 8.29. The van der Waals surface area contributed by atoms with Crippen LogP contribution in [0.1, 0.15) is 18.9 Å². The van der Waals surface area contributed by atoms with E-state index in [4.69, 9.17) is 5.11 Å². The summed E-state index contributed by atoms with van der Waals surface area (Å²) in [4.78, 5) is 0.155. The van der Waals surface area contributed by atoms with Crippen molar-refractivity contribution < 1.29 is 17.7 Å². The van der Waals surface area contributed by atoms with Crippen LogP contribution in [0, 0.1) is 11.8 Å². The molecular formula is C14H19NO4S2. The van der Waals surface area contributed by atoms with Crippen LogP contribution in [-0.4, -0.2) is 42.4 Å². The molecule has 2 unspecified atom stereocenters. The Morgan fingerprint density at radius 1 is 1.33 bits per heavy atom. The number of benzene rings is 1. The van der Waals surface area contributed by atoms with Crippen molar-refractivity contribution in [1.29, 1.82) is 0 Å². The molecule has 7 heteroatoms. The van der Waals surface area contributed by atoms with Gasteiger partial charge in [-0.25, -0.2) is 13.1 Å². The number of nitrogens with one attached hydrogen (secondary N) is 1. The zero-order chi connectivity index (χ0) is 15.9. The minimum atomic E-state index is -3.57. The smallest absolute Gasteiger partial charge is 0.240 e. The Kier molecular flexibility index (Phi) is 7.05. The van der Waals surface area contributed by atoms with Crippen LogP contribution in [0.5, 0.6) is 0 Å². The molecule has 2 N–H and O–H groups in total. The van der Waals surface area contributed by atoms with Crippen molar-refractivity contribution in [3.63, 3.8) is 0 Å². The van der Waals surface area contributed by atoms with Crippen LogP contribution >= 0.6 is 0 Å². The molecule has 0 saturated heterocycles. The third-order valence-corrected chi connectivity index (χ3v) is 5.73. The largest absolute Gasteiger partial charge is 0.384 e. The van der Waals surface area contributed by atoms with Gasteiger partial charge in [-0.3, -0.25) is 4.21 Å². The van der Waals surface area contributed by atoms with Gasteiger partial charge in [0.15, 0.2) is 0 Å². The van der Waals surface area contributed by atoms with Crippen molar-refractivity contribution in [3.8, 4) is 11.8 Å². The fourth-order valence-corrected chi connectivity index (χ4v) is 3.00. The van der Waals surface area contributed by atoms with Crippen molar-refractivity contribution in [2.24, 2.45) is 0 Å². The summed E-state index contributed by atoms with van der Waals surface area (Å²) in [7, 11) is -4.53. The molecule has 0 bridgehead atoms. The Hall–Kier alpha value is -1.20. The first-order chi connectivity index (χ1) is 9.86. The van der Waals surface area contributed by atoms with E-state index in [1.54, 1.807) is 18.4 Å². The summed E-state index contributed by atoms with van der Waals surface area (Å²) >= 11 is 0. The Labute approximate surface area is 128 Å². The van der Waals surface area contributed by atoms with E-state index >= 15 is 0 Å². The molecule has 0 fully saturated rings. The minimum absolute atomic E-state index is 0.0520. The molecule has 0 aliphatic rings. The van der Waals surface area contributed by atoms with Crippen LogP contribution in [0.2, 0.25) is 0 Å². The molecule has 116 valence electrons. The summed E-state index contributed by atoms with van der Waals surface area (Å²) in [5.74, 6) is 5.19. The Morgan fingerprint density at radius 2 is 1.95 bits per heavy atom. The Morgan fingerprint density at radius 3 is 2.48 bits per heavy atom. The fourth-order valence-electron chi connectivity index (χ4n) is 1.50. The lowest BCUT2D eigenvalue weighted by Crippen LogP contribution is -2.27. The maximum atomic E-state index is 12.0. The number of rotatable bonds is 6. The molecule has 0 amide bonds. The van der Waals surface area contributed by atoms with Gasteiger partial charge in [-0.1, -0.05) is 18.8 Å². The van der Waals surface area contributed by atoms with Crippen molar-refractivity contribution >= 4 is 20.8 Å². The maximum Gasteiger partial charge on any atom is 0.240 e. The third kappa shape index (κ3) is 5.98. The summed E-state index contributed by atoms with van der Waals surface area (Å²) in [6.07, 6.45) is 2.12. The normalized spacial score (nSPS) is 14.0. The SMILES string of the molecule is CC(CCNS(=O)(=O)c1ccc(C#CCO)cc1)S(C)=O. The van der Waals surface area contributed by atoms with Gasteiger partial charge in [0.05, 0.1) is 4.90 Å². The summed E-state index contributed by atoms with van der Waals surface area (Å²) in [5, 5.41) is 8.54. The zero-order valence-corrected chi connectivity index (χ0v) is 13.6. The van der Waals surface area contributed by atoms with E-state index in [0.717, 1.165) is 0 Å². The lowest BCUT2D eigenvalue weighted by atomic mass is 10.2. The van der Waals surface area contributed by atoms with Crippen molar-refractivity contribution in [1.82, 2.24) is 4.72 Å². The number of sulfonamides is 1. The highest BCUT2D eigenvalue weighted by atomic mass is 32.2. The van der Waals surface area contributed by atoms with Crippen LogP contribution in [0.4, 0.5) is 0 Å². The highest BCUT2D eigenvalue weighted by molar-refractivity contribution is 7.89. The van der Waals surface area contributed by atoms with Gasteiger partial charge in [-0.2, -0.15) is 0 Å². The molecule has 2 atom stereocenters. The third-order valence-electron chi connectivity index (χ3n) is 2.89. The van der Waals surface area contributed by atoms with Crippen LogP contribution in [0.3, 0.4) is 0 Å². The second-order valence-electron chi connectivity index (χ2n) is 4.48. The van der Waals surface area contributed by atoms with Gasteiger partial charge in [-0.05, 0) is 30.7 Å². The summed E-state index contributed by atoms with van der Waals surface area (Å²) < 4.78 is 37.8. The maximum absolute atomic E-state index is 12.0. The molecule has 0 heterocycles. The highest BCUT2D eigenvalue weighted by Gasteiger charge is 2.14. The summed E-state index contributed by atoms with van der Waals surface area (Å²) in [5.41, 5.74) is 0.637. The molecule has 1 aromatic carbocycles. The van der Waals surface area contributed by atoms with Crippen LogP contribution in [0.15, 0.2) is 29.2 Å². The average molecular weight is 329 g/mol. The Balaban J connectivity index is 2.68. The standard InChI is InChI=1S/C14H19NO4S2/c1-12(20(2)17)9-10-15-21(18,19)14-7-5-13(6-8-14)4-3-11-16/h5-8,12,15-16H,9-11H2,1-2H3. The van der Waals surface area contributed by atoms with Gasteiger partial charge in [0.25, 0.3) is 0 Å². The molecule has 0 spiro atoms. The first-order valence-corrected chi connectivity index (χ1v) is 9.49. The number of hydrogen-bond acceptors (Lipinski definition) is 4. The topological polar surface area (TPSA) is 83.5 Å². The lowest BCUT2D eigenvalue weighted by molar-refractivity contribution is 0.350. The van der Waals surface area contributed by atoms with Crippen LogP contribution in [-0.2, 0) is 20.8 Å². The van der Waals surface area contributed by atoms with Crippen molar-refractivity contribution in [2.75, 3.05) is 19.4 Å². The molecule has 0 radical (unpaired) electrons. The van der Waals surface area contributed by atoms with E-state index in [-0.39, 0.29) is 23.3 Å². The van der Waals surface area contributed by atoms with Gasteiger partial charge in [0.2, 0.25) is 10.0 Å². The molecule has 1 aromatic rings. The number of aliphatic hydroxyl groups is 1. The van der Waals surface area contributed by atoms with E-state index < -0.39 is 20.8 Å². The van der Waals surface area contributed by atoms with E-state index in [1.807, 2.05) is 6.92 Å². The molecule has 21 heavy (non-hydrogen) atoms. The highest BCUT2D eigenvalue weighted by Crippen LogP contribution is 2.10. The first-order valence-electron chi connectivity index (χ1n) is 6.38. The second-order valence-corrected chi connectivity index (χ2v) is 8.05. The number of aliphatic hydroxyl groups excluding tert-OH is 1. The van der Waals surface area contributed by atoms with Gasteiger partial charge >= 0.3 is 0 Å². The monoisotopic (exact) mass is 329 g/mol. The van der Waals surface area contributed by atoms with Crippen LogP contribution < -0.4 is 4.72 Å². The van der Waals surface area contributed by atoms with Crippen LogP contribution in [0.25, 0.3) is 0 Å². The van der Waals surface area contributed by atoms with E-state index in [2.05, 4.69) is 16.6 Å². The molecule has 0 saturated carbocycles. The summed E-state index contributed by atoms with van der Waals surface area (Å²) in [6.45, 7) is 1.83. The Bertz CT molecular complexity index is 642. The van der Waals surface area contributed by atoms with Gasteiger partial charge < -0.3 is 5.11 Å². The predicted molar refractivity (Wildman–Crippen MR) is 83.7 cm³/mol. The molecule has 0 aliphatic heterocycles. The predicted octanol–water partition coefficient (Wildman–Crippen LogP) is 0.466. The molecule has 0 aromatic heterocycles. The lowest BCUT2D eigenvalue weighted by Gasteiger charge is -2.10. The summed E-state index contributed by atoms with van der Waals surface area (Å²) in [6, 6.07) is 6.10. The van der Waals surface area contributed by atoms with Crippen molar-refractivity contribution in [3.05, 3.63) is 29.8 Å². The molecule has 5 nitrogen and oxygen atoms in total. The first kappa shape index (κ1) is 17.9. The van der Waals surface area contributed by atoms with Gasteiger partial charge in [0, 0.05) is 34.4 Å². The number of hydrogen-bond donors (Lipinski definition) is 2. The van der Waals surface area contributed by atoms with E-state index in [1.165, 1.54) is 12.1 Å². The van der Waals surface area contributed by atoms with Gasteiger partial charge in [0.1, 0.15) is 6.61 Å². The minimum Gasteiger partial charge on any atom is -0.384 e. The fraction of sp³-hybridized carbons (Fsp3) is 0.429. The van der Waals surface area contributed by atoms with E-state index in [9.17, 15) is 12.6 Å². The quantitative estimate of drug-likeness (QED) is 0.743. The zero-order valence-electron chi connectivity index (χ0n) is 12.0. The van der Waals surface area contributed by atoms with Gasteiger partial charge in [-0.15, -0.1) is 0 Å². The molecule has 1 rings (SSSR count).